The van der Waals surface area contributed by atoms with Crippen molar-refractivity contribution in [3.05, 3.63) is 65.2 Å². The SMILES string of the molecule is Cc1cccc(N2CCN(CCNC(=O)c3ccc(CN4CC(C)OC(C)C4)cc3)CC2)c1. The lowest BCUT2D eigenvalue weighted by molar-refractivity contribution is -0.0704. The average molecular weight is 451 g/mol. The minimum Gasteiger partial charge on any atom is -0.373 e. The first-order chi connectivity index (χ1) is 16.0. The number of benzene rings is 2. The van der Waals surface area contributed by atoms with E-state index in [0.717, 1.165) is 57.9 Å². The van der Waals surface area contributed by atoms with Gasteiger partial charge in [0, 0.05) is 70.2 Å². The van der Waals surface area contributed by atoms with Gasteiger partial charge in [0.05, 0.1) is 12.2 Å². The van der Waals surface area contributed by atoms with Crippen molar-refractivity contribution in [1.29, 1.82) is 0 Å². The fourth-order valence-electron chi connectivity index (χ4n) is 4.92. The number of piperazine rings is 1. The molecule has 2 aromatic rings. The highest BCUT2D eigenvalue weighted by molar-refractivity contribution is 5.94. The molecule has 0 spiro atoms. The zero-order valence-corrected chi connectivity index (χ0v) is 20.3. The Morgan fingerprint density at radius 1 is 0.970 bits per heavy atom. The molecule has 2 unspecified atom stereocenters. The molecular weight excluding hydrogens is 412 g/mol. The van der Waals surface area contributed by atoms with Crippen LogP contribution in [0.5, 0.6) is 0 Å². The smallest absolute Gasteiger partial charge is 0.251 e. The average Bonchev–Trinajstić information content (AvgIpc) is 2.79. The molecule has 178 valence electrons. The Bertz CT molecular complexity index is 899. The molecule has 33 heavy (non-hydrogen) atoms. The van der Waals surface area contributed by atoms with Crippen LogP contribution in [0.25, 0.3) is 0 Å². The number of carbonyl (C=O) groups is 1. The largest absolute Gasteiger partial charge is 0.373 e. The van der Waals surface area contributed by atoms with Gasteiger partial charge >= 0.3 is 0 Å². The molecule has 0 bridgehead atoms. The highest BCUT2D eigenvalue weighted by Crippen LogP contribution is 2.18. The normalized spacial score (nSPS) is 22.3. The Morgan fingerprint density at radius 2 is 1.67 bits per heavy atom. The molecule has 2 aromatic carbocycles. The van der Waals surface area contributed by atoms with E-state index in [-0.39, 0.29) is 18.1 Å². The van der Waals surface area contributed by atoms with Crippen molar-refractivity contribution in [1.82, 2.24) is 15.1 Å². The van der Waals surface area contributed by atoms with Gasteiger partial charge in [-0.3, -0.25) is 14.6 Å². The molecule has 2 aliphatic rings. The first-order valence-electron chi connectivity index (χ1n) is 12.2. The number of rotatable bonds is 7. The lowest BCUT2D eigenvalue weighted by Crippen LogP contribution is -2.48. The molecule has 2 atom stereocenters. The second kappa shape index (κ2) is 11.1. The lowest BCUT2D eigenvalue weighted by Gasteiger charge is -2.36. The van der Waals surface area contributed by atoms with Crippen LogP contribution in [-0.4, -0.2) is 80.3 Å². The minimum absolute atomic E-state index is 0.00793. The van der Waals surface area contributed by atoms with Crippen molar-refractivity contribution >= 4 is 11.6 Å². The van der Waals surface area contributed by atoms with E-state index >= 15 is 0 Å². The Labute approximate surface area is 198 Å². The molecule has 0 aromatic heterocycles. The van der Waals surface area contributed by atoms with Gasteiger partial charge in [0.2, 0.25) is 0 Å². The van der Waals surface area contributed by atoms with Crippen LogP contribution in [0.2, 0.25) is 0 Å². The van der Waals surface area contributed by atoms with Gasteiger partial charge in [0.15, 0.2) is 0 Å². The van der Waals surface area contributed by atoms with Crippen LogP contribution in [0.1, 0.15) is 35.3 Å². The Balaban J connectivity index is 1.17. The summed E-state index contributed by atoms with van der Waals surface area (Å²) >= 11 is 0. The molecular formula is C27H38N4O2. The zero-order chi connectivity index (χ0) is 23.2. The van der Waals surface area contributed by atoms with E-state index in [4.69, 9.17) is 4.74 Å². The molecule has 6 heteroatoms. The summed E-state index contributed by atoms with van der Waals surface area (Å²) in [5.74, 6) is 0.00793. The van der Waals surface area contributed by atoms with Gasteiger partial charge in [-0.15, -0.1) is 0 Å². The second-order valence-electron chi connectivity index (χ2n) is 9.57. The predicted octanol–water partition coefficient (Wildman–Crippen LogP) is 3.16. The topological polar surface area (TPSA) is 48.0 Å². The maximum Gasteiger partial charge on any atom is 0.251 e. The second-order valence-corrected chi connectivity index (χ2v) is 9.57. The van der Waals surface area contributed by atoms with E-state index in [2.05, 4.69) is 77.2 Å². The van der Waals surface area contributed by atoms with Crippen molar-refractivity contribution in [2.75, 3.05) is 57.3 Å². The van der Waals surface area contributed by atoms with E-state index in [1.54, 1.807) is 0 Å². The molecule has 1 N–H and O–H groups in total. The quantitative estimate of drug-likeness (QED) is 0.702. The van der Waals surface area contributed by atoms with Crippen LogP contribution in [-0.2, 0) is 11.3 Å². The Kier molecular flexibility index (Phi) is 8.02. The molecule has 2 aliphatic heterocycles. The third kappa shape index (κ3) is 6.79. The first-order valence-corrected chi connectivity index (χ1v) is 12.2. The van der Waals surface area contributed by atoms with Crippen LogP contribution in [0.3, 0.4) is 0 Å². The molecule has 2 fully saturated rings. The minimum atomic E-state index is 0.00793. The number of amides is 1. The fourth-order valence-corrected chi connectivity index (χ4v) is 4.92. The number of morpholine rings is 1. The van der Waals surface area contributed by atoms with E-state index in [0.29, 0.717) is 6.54 Å². The highest BCUT2D eigenvalue weighted by Gasteiger charge is 2.22. The van der Waals surface area contributed by atoms with E-state index < -0.39 is 0 Å². The van der Waals surface area contributed by atoms with Crippen LogP contribution in [0, 0.1) is 6.92 Å². The van der Waals surface area contributed by atoms with Gasteiger partial charge in [-0.2, -0.15) is 0 Å². The number of nitrogens with one attached hydrogen (secondary N) is 1. The van der Waals surface area contributed by atoms with Crippen LogP contribution >= 0.6 is 0 Å². The van der Waals surface area contributed by atoms with Gasteiger partial charge in [-0.05, 0) is 56.2 Å². The van der Waals surface area contributed by atoms with E-state index in [9.17, 15) is 4.79 Å². The first kappa shape index (κ1) is 23.7. The summed E-state index contributed by atoms with van der Waals surface area (Å²) in [7, 11) is 0. The van der Waals surface area contributed by atoms with E-state index in [1.807, 2.05) is 12.1 Å². The summed E-state index contributed by atoms with van der Waals surface area (Å²) in [6.07, 6.45) is 0.536. The number of carbonyl (C=O) groups excluding carboxylic acids is 1. The maximum atomic E-state index is 12.6. The van der Waals surface area contributed by atoms with Gasteiger partial charge in [0.25, 0.3) is 5.91 Å². The van der Waals surface area contributed by atoms with Crippen LogP contribution < -0.4 is 10.2 Å². The summed E-state index contributed by atoms with van der Waals surface area (Å²) in [5.41, 5.74) is 4.58. The van der Waals surface area contributed by atoms with Crippen molar-refractivity contribution in [2.24, 2.45) is 0 Å². The summed E-state index contributed by atoms with van der Waals surface area (Å²) < 4.78 is 5.82. The molecule has 1 amide bonds. The van der Waals surface area contributed by atoms with E-state index in [1.165, 1.54) is 16.8 Å². The highest BCUT2D eigenvalue weighted by atomic mass is 16.5. The van der Waals surface area contributed by atoms with Crippen LogP contribution in [0.4, 0.5) is 5.69 Å². The maximum absolute atomic E-state index is 12.6. The van der Waals surface area contributed by atoms with Gasteiger partial charge in [-0.25, -0.2) is 0 Å². The molecule has 6 nitrogen and oxygen atoms in total. The molecule has 0 saturated carbocycles. The van der Waals surface area contributed by atoms with Crippen molar-refractivity contribution in [2.45, 2.75) is 39.5 Å². The molecule has 2 heterocycles. The van der Waals surface area contributed by atoms with Crippen LogP contribution in [0.15, 0.2) is 48.5 Å². The standard InChI is InChI=1S/C27H38N4O2/c1-21-5-4-6-26(17-21)31-15-13-29(14-16-31)12-11-28-27(32)25-9-7-24(8-10-25)20-30-18-22(2)33-23(3)19-30/h4-10,17,22-23H,11-16,18-20H2,1-3H3,(H,28,32). The van der Waals surface area contributed by atoms with Gasteiger partial charge < -0.3 is 15.0 Å². The van der Waals surface area contributed by atoms with Gasteiger partial charge in [-0.1, -0.05) is 24.3 Å². The number of hydrogen-bond acceptors (Lipinski definition) is 5. The summed E-state index contributed by atoms with van der Waals surface area (Å²) in [4.78, 5) is 19.9. The third-order valence-corrected chi connectivity index (χ3v) is 6.57. The van der Waals surface area contributed by atoms with Gasteiger partial charge in [0.1, 0.15) is 0 Å². The summed E-state index contributed by atoms with van der Waals surface area (Å²) in [6.45, 7) is 14.9. The number of hydrogen-bond donors (Lipinski definition) is 1. The van der Waals surface area contributed by atoms with Crippen molar-refractivity contribution in [3.8, 4) is 0 Å². The molecule has 2 saturated heterocycles. The Hall–Kier alpha value is -2.41. The number of ether oxygens (including phenoxy) is 1. The molecule has 0 radical (unpaired) electrons. The summed E-state index contributed by atoms with van der Waals surface area (Å²) in [6, 6.07) is 16.7. The number of aryl methyl sites for hydroxylation is 1. The monoisotopic (exact) mass is 450 g/mol. The predicted molar refractivity (Wildman–Crippen MR) is 134 cm³/mol. The third-order valence-electron chi connectivity index (χ3n) is 6.57. The number of nitrogens with zero attached hydrogens (tertiary/aromatic N) is 3. The summed E-state index contributed by atoms with van der Waals surface area (Å²) in [5, 5.41) is 3.09. The number of anilines is 1. The lowest BCUT2D eigenvalue weighted by atomic mass is 10.1. The zero-order valence-electron chi connectivity index (χ0n) is 20.3. The Morgan fingerprint density at radius 3 is 2.33 bits per heavy atom. The van der Waals surface area contributed by atoms with Crippen molar-refractivity contribution in [3.63, 3.8) is 0 Å². The van der Waals surface area contributed by atoms with Crippen molar-refractivity contribution < 1.29 is 9.53 Å². The fraction of sp³-hybridized carbons (Fsp3) is 0.519. The molecule has 4 rings (SSSR count). The molecule has 0 aliphatic carbocycles.